The van der Waals surface area contributed by atoms with Crippen LogP contribution in [0.4, 0.5) is 11.6 Å². The Hall–Kier alpha value is -1.72. The highest BCUT2D eigenvalue weighted by molar-refractivity contribution is 6.35. The Balaban J connectivity index is 2.04. The lowest BCUT2D eigenvalue weighted by Gasteiger charge is -2.05. The van der Waals surface area contributed by atoms with Crippen LogP contribution in [0, 0.1) is 10.1 Å². The van der Waals surface area contributed by atoms with Gasteiger partial charge in [0.1, 0.15) is 10.7 Å². The van der Waals surface area contributed by atoms with Crippen molar-refractivity contribution in [3.05, 3.63) is 56.3 Å². The molecule has 0 amide bonds. The van der Waals surface area contributed by atoms with Gasteiger partial charge in [-0.25, -0.2) is 0 Å². The van der Waals surface area contributed by atoms with Gasteiger partial charge < -0.3 is 9.73 Å². The molecule has 0 saturated heterocycles. The number of nitro groups is 1. The standard InChI is InChI=1S/C11H8Cl2N2O3/c12-7-3-8(13)5-9(4-7)14-6-10-1-2-11(18-10)15(16)17/h1-5,14H,6H2. The van der Waals surface area contributed by atoms with Crippen LogP contribution in [0.15, 0.2) is 34.7 Å². The minimum Gasteiger partial charge on any atom is -0.404 e. The zero-order valence-corrected chi connectivity index (χ0v) is 10.5. The lowest BCUT2D eigenvalue weighted by molar-refractivity contribution is -0.402. The number of rotatable bonds is 4. The molecule has 5 nitrogen and oxygen atoms in total. The Morgan fingerprint density at radius 2 is 1.89 bits per heavy atom. The average molecular weight is 287 g/mol. The van der Waals surface area contributed by atoms with Crippen LogP contribution in [0.25, 0.3) is 0 Å². The number of anilines is 1. The molecular weight excluding hydrogens is 279 g/mol. The van der Waals surface area contributed by atoms with E-state index in [0.717, 1.165) is 0 Å². The van der Waals surface area contributed by atoms with E-state index in [1.54, 1.807) is 18.2 Å². The van der Waals surface area contributed by atoms with Crippen LogP contribution < -0.4 is 5.32 Å². The van der Waals surface area contributed by atoms with Crippen molar-refractivity contribution < 1.29 is 9.34 Å². The van der Waals surface area contributed by atoms with Gasteiger partial charge in [0, 0.05) is 15.7 Å². The molecule has 1 aromatic heterocycles. The molecule has 18 heavy (non-hydrogen) atoms. The maximum Gasteiger partial charge on any atom is 0.433 e. The smallest absolute Gasteiger partial charge is 0.404 e. The molecule has 1 aromatic carbocycles. The second-order valence-corrected chi connectivity index (χ2v) is 4.38. The Bertz CT molecular complexity index is 563. The third-order valence-corrected chi connectivity index (χ3v) is 2.59. The minimum atomic E-state index is -0.584. The van der Waals surface area contributed by atoms with Crippen LogP contribution >= 0.6 is 23.2 Å². The summed E-state index contributed by atoms with van der Waals surface area (Å²) in [5.74, 6) is 0.175. The zero-order chi connectivity index (χ0) is 13.1. The van der Waals surface area contributed by atoms with Gasteiger partial charge in [0.25, 0.3) is 0 Å². The summed E-state index contributed by atoms with van der Waals surface area (Å²) in [6, 6.07) is 7.86. The van der Waals surface area contributed by atoms with Gasteiger partial charge in [0.15, 0.2) is 0 Å². The molecule has 0 aliphatic carbocycles. The highest BCUT2D eigenvalue weighted by atomic mass is 35.5. The van der Waals surface area contributed by atoms with Crippen LogP contribution in [-0.4, -0.2) is 4.92 Å². The summed E-state index contributed by atoms with van der Waals surface area (Å²) < 4.78 is 5.00. The van der Waals surface area contributed by atoms with Crippen molar-refractivity contribution in [3.63, 3.8) is 0 Å². The minimum absolute atomic E-state index is 0.282. The number of halogens is 2. The van der Waals surface area contributed by atoms with E-state index in [-0.39, 0.29) is 5.88 Å². The van der Waals surface area contributed by atoms with E-state index in [1.165, 1.54) is 12.1 Å². The fourth-order valence-electron chi connectivity index (χ4n) is 1.40. The van der Waals surface area contributed by atoms with E-state index in [4.69, 9.17) is 27.6 Å². The summed E-state index contributed by atoms with van der Waals surface area (Å²) in [6.45, 7) is 0.310. The molecule has 7 heteroatoms. The molecule has 2 rings (SSSR count). The molecule has 2 aromatic rings. The zero-order valence-electron chi connectivity index (χ0n) is 9.02. The summed E-state index contributed by atoms with van der Waals surface area (Å²) in [5.41, 5.74) is 0.714. The molecule has 1 heterocycles. The number of hydrogen-bond acceptors (Lipinski definition) is 4. The van der Waals surface area contributed by atoms with Crippen molar-refractivity contribution in [2.45, 2.75) is 6.54 Å². The monoisotopic (exact) mass is 286 g/mol. The van der Waals surface area contributed by atoms with E-state index >= 15 is 0 Å². The number of nitrogens with one attached hydrogen (secondary N) is 1. The molecule has 94 valence electrons. The predicted molar refractivity (Wildman–Crippen MR) is 69.2 cm³/mol. The fourth-order valence-corrected chi connectivity index (χ4v) is 1.93. The molecule has 0 bridgehead atoms. The van der Waals surface area contributed by atoms with Gasteiger partial charge in [-0.15, -0.1) is 0 Å². The Morgan fingerprint density at radius 3 is 2.44 bits per heavy atom. The number of benzene rings is 1. The molecule has 0 fully saturated rings. The number of nitrogens with zero attached hydrogens (tertiary/aromatic N) is 1. The van der Waals surface area contributed by atoms with Gasteiger partial charge in [-0.2, -0.15) is 0 Å². The summed E-state index contributed by atoms with van der Waals surface area (Å²) in [4.78, 5) is 9.85. The SMILES string of the molecule is O=[N+]([O-])c1ccc(CNc2cc(Cl)cc(Cl)c2)o1. The second kappa shape index (κ2) is 5.29. The van der Waals surface area contributed by atoms with Crippen molar-refractivity contribution in [2.24, 2.45) is 0 Å². The highest BCUT2D eigenvalue weighted by Gasteiger charge is 2.11. The number of furan rings is 1. The molecule has 0 spiro atoms. The van der Waals surface area contributed by atoms with E-state index in [2.05, 4.69) is 5.32 Å². The number of hydrogen-bond donors (Lipinski definition) is 1. The molecule has 1 N–H and O–H groups in total. The van der Waals surface area contributed by atoms with Crippen molar-refractivity contribution in [1.29, 1.82) is 0 Å². The van der Waals surface area contributed by atoms with Crippen LogP contribution in [0.5, 0.6) is 0 Å². The first kappa shape index (κ1) is 12.7. The van der Waals surface area contributed by atoms with Gasteiger partial charge in [-0.05, 0) is 24.3 Å². The lowest BCUT2D eigenvalue weighted by Crippen LogP contribution is -1.97. The summed E-state index contributed by atoms with van der Waals surface area (Å²) in [7, 11) is 0. The third kappa shape index (κ3) is 3.15. The molecule has 0 atom stereocenters. The topological polar surface area (TPSA) is 68.3 Å². The first-order valence-corrected chi connectivity index (χ1v) is 5.73. The molecular formula is C11H8Cl2N2O3. The van der Waals surface area contributed by atoms with E-state index in [1.807, 2.05) is 0 Å². The summed E-state index contributed by atoms with van der Waals surface area (Å²) in [5, 5.41) is 14.5. The molecule has 0 aliphatic rings. The third-order valence-electron chi connectivity index (χ3n) is 2.16. The molecule has 0 aliphatic heterocycles. The van der Waals surface area contributed by atoms with Crippen LogP contribution in [0.1, 0.15) is 5.76 Å². The summed E-state index contributed by atoms with van der Waals surface area (Å²) in [6.07, 6.45) is 0. The van der Waals surface area contributed by atoms with Gasteiger partial charge in [-0.1, -0.05) is 23.2 Å². The van der Waals surface area contributed by atoms with Gasteiger partial charge in [0.2, 0.25) is 0 Å². The van der Waals surface area contributed by atoms with Crippen LogP contribution in [0.2, 0.25) is 10.0 Å². The van der Waals surface area contributed by atoms with Crippen molar-refractivity contribution in [3.8, 4) is 0 Å². The normalized spacial score (nSPS) is 10.3. The second-order valence-electron chi connectivity index (χ2n) is 3.51. The van der Waals surface area contributed by atoms with Crippen LogP contribution in [-0.2, 0) is 6.54 Å². The van der Waals surface area contributed by atoms with E-state index in [9.17, 15) is 10.1 Å². The fraction of sp³-hybridized carbons (Fsp3) is 0.0909. The maximum absolute atomic E-state index is 10.4. The average Bonchev–Trinajstić information content (AvgIpc) is 2.73. The van der Waals surface area contributed by atoms with Crippen molar-refractivity contribution in [1.82, 2.24) is 0 Å². The highest BCUT2D eigenvalue weighted by Crippen LogP contribution is 2.23. The Morgan fingerprint density at radius 1 is 1.22 bits per heavy atom. The van der Waals surface area contributed by atoms with Crippen molar-refractivity contribution in [2.75, 3.05) is 5.32 Å². The van der Waals surface area contributed by atoms with Gasteiger partial charge in [-0.3, -0.25) is 10.1 Å². The first-order chi connectivity index (χ1) is 8.54. The van der Waals surface area contributed by atoms with Gasteiger partial charge >= 0.3 is 5.88 Å². The first-order valence-electron chi connectivity index (χ1n) is 4.97. The Kier molecular flexibility index (Phi) is 3.74. The predicted octanol–water partition coefficient (Wildman–Crippen LogP) is 4.11. The molecule has 0 saturated carbocycles. The van der Waals surface area contributed by atoms with E-state index < -0.39 is 4.92 Å². The summed E-state index contributed by atoms with van der Waals surface area (Å²) >= 11 is 11.7. The van der Waals surface area contributed by atoms with Crippen LogP contribution in [0.3, 0.4) is 0 Å². The quantitative estimate of drug-likeness (QED) is 0.678. The molecule has 0 radical (unpaired) electrons. The lowest BCUT2D eigenvalue weighted by atomic mass is 10.3. The maximum atomic E-state index is 10.4. The van der Waals surface area contributed by atoms with Crippen molar-refractivity contribution >= 4 is 34.8 Å². The van der Waals surface area contributed by atoms with Gasteiger partial charge in [0.05, 0.1) is 12.6 Å². The molecule has 0 unspecified atom stereocenters. The van der Waals surface area contributed by atoms with E-state index in [0.29, 0.717) is 28.0 Å². The Labute approximate surface area is 112 Å². The largest absolute Gasteiger partial charge is 0.433 e.